The lowest BCUT2D eigenvalue weighted by Crippen LogP contribution is -2.49. The molecule has 0 amide bonds. The molecule has 0 bridgehead atoms. The Bertz CT molecular complexity index is 376. The van der Waals surface area contributed by atoms with Crippen LogP contribution in [0, 0.1) is 0 Å². The minimum absolute atomic E-state index is 0.347. The van der Waals surface area contributed by atoms with Crippen LogP contribution >= 0.6 is 0 Å². The van der Waals surface area contributed by atoms with Crippen LogP contribution < -0.4 is 0 Å². The van der Waals surface area contributed by atoms with Crippen LogP contribution in [0.2, 0.25) is 0 Å². The Morgan fingerprint density at radius 3 is 2.38 bits per heavy atom. The van der Waals surface area contributed by atoms with Crippen molar-refractivity contribution in [2.45, 2.75) is 37.3 Å². The molecule has 1 N–H and O–H groups in total. The van der Waals surface area contributed by atoms with Gasteiger partial charge in [-0.1, -0.05) is 24.3 Å². The van der Waals surface area contributed by atoms with Gasteiger partial charge in [-0.25, -0.2) is 0 Å². The Morgan fingerprint density at radius 1 is 1.25 bits per heavy atom. The molecule has 1 aromatic carbocycles. The molecular weight excluding hydrogens is 198 g/mol. The van der Waals surface area contributed by atoms with Crippen molar-refractivity contribution in [2.24, 2.45) is 0 Å². The second kappa shape index (κ2) is 3.57. The fraction of sp³-hybridized carbons (Fsp3) is 0.571. The van der Waals surface area contributed by atoms with Gasteiger partial charge < -0.3 is 10.0 Å². The SMILES string of the molecule is CN1CCCC1C1(O)Cc2ccccc2C1. The highest BCUT2D eigenvalue weighted by Gasteiger charge is 2.45. The lowest BCUT2D eigenvalue weighted by molar-refractivity contribution is -0.0177. The number of aliphatic hydroxyl groups is 1. The van der Waals surface area contributed by atoms with E-state index in [2.05, 4.69) is 36.2 Å². The number of rotatable bonds is 1. The number of nitrogens with zero attached hydrogens (tertiary/aromatic N) is 1. The summed E-state index contributed by atoms with van der Waals surface area (Å²) in [6.45, 7) is 1.13. The molecule has 16 heavy (non-hydrogen) atoms. The highest BCUT2D eigenvalue weighted by molar-refractivity contribution is 5.36. The van der Waals surface area contributed by atoms with Crippen LogP contribution in [-0.4, -0.2) is 35.2 Å². The van der Waals surface area contributed by atoms with Gasteiger partial charge in [0.25, 0.3) is 0 Å². The van der Waals surface area contributed by atoms with Gasteiger partial charge in [-0.15, -0.1) is 0 Å². The summed E-state index contributed by atoms with van der Waals surface area (Å²) in [4.78, 5) is 2.33. The third-order valence-electron chi connectivity index (χ3n) is 4.25. The van der Waals surface area contributed by atoms with Gasteiger partial charge >= 0.3 is 0 Å². The Morgan fingerprint density at radius 2 is 1.88 bits per heavy atom. The molecule has 1 aliphatic heterocycles. The van der Waals surface area contributed by atoms with E-state index in [0.717, 1.165) is 25.8 Å². The standard InChI is InChI=1S/C14H19NO/c1-15-8-4-7-13(15)14(16)9-11-5-2-3-6-12(11)10-14/h2-3,5-6,13,16H,4,7-10H2,1H3. The first-order chi connectivity index (χ1) is 7.69. The Hall–Kier alpha value is -0.860. The van der Waals surface area contributed by atoms with E-state index in [1.54, 1.807) is 0 Å². The Kier molecular flexibility index (Phi) is 2.30. The number of likely N-dealkylation sites (N-methyl/N-ethyl adjacent to an activating group) is 1. The van der Waals surface area contributed by atoms with Crippen LogP contribution in [0.15, 0.2) is 24.3 Å². The van der Waals surface area contributed by atoms with Gasteiger partial charge in [0.2, 0.25) is 0 Å². The van der Waals surface area contributed by atoms with Crippen LogP contribution in [0.5, 0.6) is 0 Å². The fourth-order valence-corrected chi connectivity index (χ4v) is 3.45. The summed E-state index contributed by atoms with van der Waals surface area (Å²) < 4.78 is 0. The van der Waals surface area contributed by atoms with Crippen LogP contribution in [0.4, 0.5) is 0 Å². The summed E-state index contributed by atoms with van der Waals surface area (Å²) in [6.07, 6.45) is 4.02. The third-order valence-corrected chi connectivity index (χ3v) is 4.25. The van der Waals surface area contributed by atoms with E-state index in [-0.39, 0.29) is 0 Å². The molecule has 2 heteroatoms. The molecule has 86 valence electrons. The zero-order valence-electron chi connectivity index (χ0n) is 9.82. The van der Waals surface area contributed by atoms with Crippen LogP contribution in [0.25, 0.3) is 0 Å². The molecule has 0 saturated carbocycles. The predicted octanol–water partition coefficient (Wildman–Crippen LogP) is 1.61. The lowest BCUT2D eigenvalue weighted by atomic mass is 9.89. The molecule has 1 saturated heterocycles. The summed E-state index contributed by atoms with van der Waals surface area (Å²) in [5, 5.41) is 10.8. The first kappa shape index (κ1) is 10.3. The van der Waals surface area contributed by atoms with Crippen LogP contribution in [0.3, 0.4) is 0 Å². The van der Waals surface area contributed by atoms with Crippen molar-refractivity contribution in [1.82, 2.24) is 4.90 Å². The normalized spacial score (nSPS) is 28.2. The first-order valence-electron chi connectivity index (χ1n) is 6.18. The number of hydrogen-bond donors (Lipinski definition) is 1. The van der Waals surface area contributed by atoms with Crippen molar-refractivity contribution in [1.29, 1.82) is 0 Å². The Labute approximate surface area is 96.9 Å². The molecule has 2 aliphatic rings. The number of hydrogen-bond acceptors (Lipinski definition) is 2. The summed E-state index contributed by atoms with van der Waals surface area (Å²) in [5.74, 6) is 0. The van der Waals surface area contributed by atoms with Gasteiger partial charge in [0, 0.05) is 18.9 Å². The third kappa shape index (κ3) is 1.48. The highest BCUT2D eigenvalue weighted by atomic mass is 16.3. The van der Waals surface area contributed by atoms with E-state index in [9.17, 15) is 5.11 Å². The van der Waals surface area contributed by atoms with Crippen molar-refractivity contribution in [3.8, 4) is 0 Å². The van der Waals surface area contributed by atoms with Gasteiger partial charge in [-0.3, -0.25) is 0 Å². The molecule has 1 heterocycles. The number of benzene rings is 1. The zero-order valence-corrected chi connectivity index (χ0v) is 9.82. The monoisotopic (exact) mass is 217 g/mol. The van der Waals surface area contributed by atoms with Gasteiger partial charge in [0.05, 0.1) is 5.60 Å². The summed E-state index contributed by atoms with van der Waals surface area (Å²) >= 11 is 0. The average Bonchev–Trinajstić information content (AvgIpc) is 2.81. The fourth-order valence-electron chi connectivity index (χ4n) is 3.45. The maximum atomic E-state index is 10.8. The molecule has 3 rings (SSSR count). The molecule has 1 unspecified atom stereocenters. The average molecular weight is 217 g/mol. The highest BCUT2D eigenvalue weighted by Crippen LogP contribution is 2.37. The van der Waals surface area contributed by atoms with Crippen LogP contribution in [0.1, 0.15) is 24.0 Å². The predicted molar refractivity (Wildman–Crippen MR) is 64.5 cm³/mol. The molecule has 0 aromatic heterocycles. The van der Waals surface area contributed by atoms with E-state index >= 15 is 0 Å². The molecular formula is C14H19NO. The molecule has 2 nitrogen and oxygen atoms in total. The van der Waals surface area contributed by atoms with Gasteiger partial charge in [-0.2, -0.15) is 0 Å². The minimum atomic E-state index is -0.519. The van der Waals surface area contributed by atoms with Crippen LogP contribution in [-0.2, 0) is 12.8 Å². The largest absolute Gasteiger partial charge is 0.388 e. The maximum absolute atomic E-state index is 10.8. The van der Waals surface area contributed by atoms with Crippen molar-refractivity contribution >= 4 is 0 Å². The summed E-state index contributed by atoms with van der Waals surface area (Å²) in [7, 11) is 2.14. The lowest BCUT2D eigenvalue weighted by Gasteiger charge is -2.34. The van der Waals surface area contributed by atoms with E-state index in [0.29, 0.717) is 6.04 Å². The van der Waals surface area contributed by atoms with Crippen molar-refractivity contribution in [2.75, 3.05) is 13.6 Å². The van der Waals surface area contributed by atoms with Crippen molar-refractivity contribution in [3.63, 3.8) is 0 Å². The Balaban J connectivity index is 1.88. The van der Waals surface area contributed by atoms with Crippen molar-refractivity contribution < 1.29 is 5.11 Å². The second-order valence-corrected chi connectivity index (χ2v) is 5.36. The van der Waals surface area contributed by atoms with Gasteiger partial charge in [0.15, 0.2) is 0 Å². The first-order valence-corrected chi connectivity index (χ1v) is 6.18. The molecule has 1 aliphatic carbocycles. The molecule has 1 atom stereocenters. The van der Waals surface area contributed by atoms with Crippen molar-refractivity contribution in [3.05, 3.63) is 35.4 Å². The molecule has 0 radical (unpaired) electrons. The minimum Gasteiger partial charge on any atom is -0.388 e. The van der Waals surface area contributed by atoms with E-state index < -0.39 is 5.60 Å². The van der Waals surface area contributed by atoms with E-state index in [1.165, 1.54) is 17.5 Å². The van der Waals surface area contributed by atoms with Gasteiger partial charge in [0.1, 0.15) is 0 Å². The number of fused-ring (bicyclic) bond motifs is 1. The second-order valence-electron chi connectivity index (χ2n) is 5.36. The molecule has 1 fully saturated rings. The van der Waals surface area contributed by atoms with E-state index in [1.807, 2.05) is 0 Å². The van der Waals surface area contributed by atoms with Gasteiger partial charge in [-0.05, 0) is 37.6 Å². The maximum Gasteiger partial charge on any atom is 0.0882 e. The quantitative estimate of drug-likeness (QED) is 0.772. The molecule has 1 aromatic rings. The van der Waals surface area contributed by atoms with E-state index in [4.69, 9.17) is 0 Å². The zero-order chi connectivity index (χ0) is 11.2. The topological polar surface area (TPSA) is 23.5 Å². The summed E-state index contributed by atoms with van der Waals surface area (Å²) in [5.41, 5.74) is 2.16. The molecule has 0 spiro atoms. The number of likely N-dealkylation sites (tertiary alicyclic amines) is 1. The summed E-state index contributed by atoms with van der Waals surface area (Å²) in [6, 6.07) is 8.80. The smallest absolute Gasteiger partial charge is 0.0882 e.